The second kappa shape index (κ2) is 7.36. The Morgan fingerprint density at radius 3 is 2.68 bits per heavy atom. The zero-order valence-corrected chi connectivity index (χ0v) is 13.2. The highest BCUT2D eigenvalue weighted by Crippen LogP contribution is 2.28. The molecule has 3 N–H and O–H groups in total. The molecule has 19 heavy (non-hydrogen) atoms. The van der Waals surface area contributed by atoms with Crippen LogP contribution in [0.2, 0.25) is 10.0 Å². The molecule has 0 fully saturated rings. The van der Waals surface area contributed by atoms with E-state index >= 15 is 0 Å². The van der Waals surface area contributed by atoms with Crippen molar-refractivity contribution in [3.63, 3.8) is 0 Å². The number of thioether (sulfide) groups is 1. The van der Waals surface area contributed by atoms with Gasteiger partial charge in [-0.3, -0.25) is 0 Å². The summed E-state index contributed by atoms with van der Waals surface area (Å²) in [6.45, 7) is 1.90. The quantitative estimate of drug-likeness (QED) is 0.794. The summed E-state index contributed by atoms with van der Waals surface area (Å²) in [5, 5.41) is 9.63. The fraction of sp³-hybridized carbons (Fsp3) is 0.273. The predicted molar refractivity (Wildman–Crippen MR) is 71.6 cm³/mol. The standard InChI is InChI=1S/C11H11Cl2N3OS.ClH/c1-6(14)10-15-16-11(17-10)18-5-7-2-3-8(12)4-9(7)13;/h2-4,6H,5,14H2,1H3;1H/t6-;/m0./s1. The van der Waals surface area contributed by atoms with E-state index in [0.29, 0.717) is 26.9 Å². The van der Waals surface area contributed by atoms with Gasteiger partial charge in [-0.1, -0.05) is 41.0 Å². The Labute approximate surface area is 131 Å². The normalized spacial score (nSPS) is 12.0. The fourth-order valence-corrected chi connectivity index (χ4v) is 2.58. The Morgan fingerprint density at radius 2 is 2.11 bits per heavy atom. The van der Waals surface area contributed by atoms with E-state index in [0.717, 1.165) is 5.56 Å². The first-order valence-electron chi connectivity index (χ1n) is 5.29. The molecule has 0 aliphatic rings. The van der Waals surface area contributed by atoms with Gasteiger partial charge in [0.25, 0.3) is 11.1 Å². The molecule has 2 rings (SSSR count). The summed E-state index contributed by atoms with van der Waals surface area (Å²) in [4.78, 5) is 0. The van der Waals surface area contributed by atoms with E-state index in [4.69, 9.17) is 27.6 Å². The lowest BCUT2D eigenvalue weighted by molar-refractivity contribution is -0.425. The number of quaternary nitrogens is 1. The summed E-state index contributed by atoms with van der Waals surface area (Å²) in [5.41, 5.74) is 4.80. The molecule has 0 aliphatic heterocycles. The first-order valence-corrected chi connectivity index (χ1v) is 7.03. The lowest BCUT2D eigenvalue weighted by Gasteiger charge is -2.02. The third-order valence-corrected chi connectivity index (χ3v) is 3.66. The van der Waals surface area contributed by atoms with Gasteiger partial charge in [0.2, 0.25) is 0 Å². The minimum Gasteiger partial charge on any atom is -1.00 e. The molecule has 0 unspecified atom stereocenters. The molecular formula is C11H12Cl3N3OS. The molecule has 1 atom stereocenters. The van der Waals surface area contributed by atoms with Crippen LogP contribution in [-0.4, -0.2) is 10.2 Å². The van der Waals surface area contributed by atoms with Crippen LogP contribution in [0.15, 0.2) is 27.8 Å². The summed E-state index contributed by atoms with van der Waals surface area (Å²) in [7, 11) is 0. The number of aromatic nitrogens is 2. The molecule has 0 bridgehead atoms. The van der Waals surface area contributed by atoms with E-state index < -0.39 is 0 Å². The number of nitrogens with zero attached hydrogens (tertiary/aromatic N) is 2. The number of rotatable bonds is 4. The summed E-state index contributed by atoms with van der Waals surface area (Å²) >= 11 is 13.3. The van der Waals surface area contributed by atoms with Crippen molar-refractivity contribution in [3.05, 3.63) is 39.7 Å². The Kier molecular flexibility index (Phi) is 6.42. The van der Waals surface area contributed by atoms with E-state index in [9.17, 15) is 0 Å². The highest BCUT2D eigenvalue weighted by atomic mass is 35.5. The van der Waals surface area contributed by atoms with Gasteiger partial charge in [0, 0.05) is 15.8 Å². The van der Waals surface area contributed by atoms with Gasteiger partial charge in [-0.2, -0.15) is 0 Å². The number of hydrogen-bond acceptors (Lipinski definition) is 4. The molecule has 0 aliphatic carbocycles. The highest BCUT2D eigenvalue weighted by Gasteiger charge is 2.13. The predicted octanol–water partition coefficient (Wildman–Crippen LogP) is -0.0244. The molecule has 1 aromatic carbocycles. The molecule has 2 aromatic rings. The average Bonchev–Trinajstić information content (AvgIpc) is 2.76. The smallest absolute Gasteiger partial charge is 0.277 e. The van der Waals surface area contributed by atoms with Gasteiger partial charge in [-0.15, -0.1) is 10.2 Å². The van der Waals surface area contributed by atoms with Crippen molar-refractivity contribution in [2.24, 2.45) is 0 Å². The van der Waals surface area contributed by atoms with Gasteiger partial charge in [-0.05, 0) is 24.6 Å². The number of halogens is 3. The first kappa shape index (κ1) is 16.6. The van der Waals surface area contributed by atoms with Crippen LogP contribution in [0.5, 0.6) is 0 Å². The van der Waals surface area contributed by atoms with Gasteiger partial charge < -0.3 is 22.6 Å². The third kappa shape index (κ3) is 4.54. The van der Waals surface area contributed by atoms with Gasteiger partial charge >= 0.3 is 0 Å². The van der Waals surface area contributed by atoms with Crippen LogP contribution in [0.3, 0.4) is 0 Å². The zero-order valence-electron chi connectivity index (χ0n) is 10.1. The van der Waals surface area contributed by atoms with Crippen LogP contribution >= 0.6 is 35.0 Å². The topological polar surface area (TPSA) is 66.6 Å². The van der Waals surface area contributed by atoms with Crippen molar-refractivity contribution in [3.8, 4) is 0 Å². The SMILES string of the molecule is C[C@H]([NH3+])c1nnc(SCc2ccc(Cl)cc2Cl)o1.[Cl-]. The number of benzene rings is 1. The summed E-state index contributed by atoms with van der Waals surface area (Å²) < 4.78 is 5.44. The lowest BCUT2D eigenvalue weighted by atomic mass is 10.2. The van der Waals surface area contributed by atoms with Gasteiger partial charge in [0.05, 0.1) is 0 Å². The highest BCUT2D eigenvalue weighted by molar-refractivity contribution is 7.98. The van der Waals surface area contributed by atoms with E-state index in [1.165, 1.54) is 11.8 Å². The average molecular weight is 341 g/mol. The van der Waals surface area contributed by atoms with Crippen LogP contribution in [0.1, 0.15) is 24.4 Å². The Bertz CT molecular complexity index is 548. The molecule has 8 heteroatoms. The first-order chi connectivity index (χ1) is 8.56. The van der Waals surface area contributed by atoms with E-state index in [1.807, 2.05) is 13.0 Å². The molecule has 4 nitrogen and oxygen atoms in total. The van der Waals surface area contributed by atoms with E-state index in [-0.39, 0.29) is 18.4 Å². The third-order valence-electron chi connectivity index (χ3n) is 2.21. The van der Waals surface area contributed by atoms with E-state index in [2.05, 4.69) is 15.9 Å². The van der Waals surface area contributed by atoms with Crippen molar-refractivity contribution in [2.75, 3.05) is 0 Å². The Balaban J connectivity index is 0.00000180. The summed E-state index contributed by atoms with van der Waals surface area (Å²) in [5.74, 6) is 1.20. The molecule has 1 heterocycles. The lowest BCUT2D eigenvalue weighted by Crippen LogP contribution is -3.00. The molecule has 0 spiro atoms. The second-order valence-corrected chi connectivity index (χ2v) is 5.60. The maximum absolute atomic E-state index is 6.08. The van der Waals surface area contributed by atoms with Crippen LogP contribution in [0.4, 0.5) is 0 Å². The van der Waals surface area contributed by atoms with Crippen molar-refractivity contribution >= 4 is 35.0 Å². The monoisotopic (exact) mass is 339 g/mol. The minimum atomic E-state index is -0.00836. The van der Waals surface area contributed by atoms with Gasteiger partial charge in [0.15, 0.2) is 6.04 Å². The zero-order chi connectivity index (χ0) is 13.1. The van der Waals surface area contributed by atoms with Crippen molar-refractivity contribution in [2.45, 2.75) is 23.9 Å². The Morgan fingerprint density at radius 1 is 1.37 bits per heavy atom. The van der Waals surface area contributed by atoms with Crippen molar-refractivity contribution in [1.29, 1.82) is 0 Å². The molecule has 0 saturated carbocycles. The van der Waals surface area contributed by atoms with Crippen LogP contribution in [0, 0.1) is 0 Å². The second-order valence-electron chi connectivity index (χ2n) is 3.83. The molecule has 1 aromatic heterocycles. The van der Waals surface area contributed by atoms with Gasteiger partial charge in [0.1, 0.15) is 0 Å². The van der Waals surface area contributed by atoms with Crippen LogP contribution in [0.25, 0.3) is 0 Å². The largest absolute Gasteiger partial charge is 1.00 e. The van der Waals surface area contributed by atoms with Crippen LogP contribution in [-0.2, 0) is 5.75 Å². The maximum atomic E-state index is 6.08. The van der Waals surface area contributed by atoms with E-state index in [1.54, 1.807) is 12.1 Å². The van der Waals surface area contributed by atoms with Crippen molar-refractivity contribution in [1.82, 2.24) is 10.2 Å². The molecule has 0 saturated heterocycles. The molecule has 0 radical (unpaired) electrons. The maximum Gasteiger partial charge on any atom is 0.277 e. The Hall–Kier alpha value is -0.460. The summed E-state index contributed by atoms with van der Waals surface area (Å²) in [6, 6.07) is 5.40. The summed E-state index contributed by atoms with van der Waals surface area (Å²) in [6.07, 6.45) is 0. The fourth-order valence-electron chi connectivity index (χ4n) is 1.26. The van der Waals surface area contributed by atoms with Crippen molar-refractivity contribution < 1.29 is 22.6 Å². The molecule has 0 amide bonds. The number of hydrogen-bond donors (Lipinski definition) is 1. The van der Waals surface area contributed by atoms with Crippen LogP contribution < -0.4 is 18.1 Å². The molecule has 104 valence electrons. The minimum absolute atomic E-state index is 0. The van der Waals surface area contributed by atoms with Gasteiger partial charge in [-0.25, -0.2) is 0 Å². The molecular weight excluding hydrogens is 329 g/mol.